The molecule has 1 amide bonds. The lowest BCUT2D eigenvalue weighted by molar-refractivity contribution is -0.385. The van der Waals surface area contributed by atoms with E-state index in [1.807, 2.05) is 24.3 Å². The summed E-state index contributed by atoms with van der Waals surface area (Å²) >= 11 is 0. The molecule has 2 aromatic carbocycles. The molecule has 0 radical (unpaired) electrons. The second-order valence-electron chi connectivity index (χ2n) is 4.84. The number of nitro groups is 1. The van der Waals surface area contributed by atoms with Crippen molar-refractivity contribution in [2.75, 3.05) is 6.61 Å². The van der Waals surface area contributed by atoms with Crippen molar-refractivity contribution in [3.8, 4) is 11.5 Å². The van der Waals surface area contributed by atoms with Crippen LogP contribution in [0, 0.1) is 10.1 Å². The van der Waals surface area contributed by atoms with Crippen molar-refractivity contribution in [2.24, 2.45) is 0 Å². The highest BCUT2D eigenvalue weighted by Crippen LogP contribution is 2.32. The average molecular weight is 300 g/mol. The van der Waals surface area contributed by atoms with E-state index in [-0.39, 0.29) is 11.6 Å². The Balaban J connectivity index is 1.81. The first-order valence-electron chi connectivity index (χ1n) is 6.56. The Morgan fingerprint density at radius 1 is 1.32 bits per heavy atom. The van der Waals surface area contributed by atoms with Gasteiger partial charge in [-0.15, -0.1) is 0 Å². The van der Waals surface area contributed by atoms with Crippen LogP contribution in [0.15, 0.2) is 42.5 Å². The molecule has 7 nitrogen and oxygen atoms in total. The van der Waals surface area contributed by atoms with Crippen LogP contribution in [0.5, 0.6) is 11.5 Å². The molecule has 0 spiro atoms. The zero-order chi connectivity index (χ0) is 15.7. The summed E-state index contributed by atoms with van der Waals surface area (Å²) in [7, 11) is 0. The third kappa shape index (κ3) is 2.44. The Bertz CT molecular complexity index is 759. The van der Waals surface area contributed by atoms with Gasteiger partial charge in [-0.25, -0.2) is 0 Å². The Labute approximate surface area is 125 Å². The van der Waals surface area contributed by atoms with Gasteiger partial charge in [-0.1, -0.05) is 18.2 Å². The van der Waals surface area contributed by atoms with E-state index in [9.17, 15) is 20.0 Å². The van der Waals surface area contributed by atoms with Crippen molar-refractivity contribution in [2.45, 2.75) is 6.04 Å². The maximum absolute atomic E-state index is 12.2. The smallest absolute Gasteiger partial charge is 0.311 e. The van der Waals surface area contributed by atoms with Crippen LogP contribution in [-0.2, 0) is 0 Å². The summed E-state index contributed by atoms with van der Waals surface area (Å²) in [4.78, 5) is 22.3. The highest BCUT2D eigenvalue weighted by Gasteiger charge is 2.26. The fraction of sp³-hybridized carbons (Fsp3) is 0.133. The first-order chi connectivity index (χ1) is 10.6. The van der Waals surface area contributed by atoms with Crippen LogP contribution < -0.4 is 10.1 Å². The molecule has 7 heteroatoms. The van der Waals surface area contributed by atoms with E-state index in [1.54, 1.807) is 0 Å². The topological polar surface area (TPSA) is 102 Å². The third-order valence-electron chi connectivity index (χ3n) is 3.44. The predicted molar refractivity (Wildman–Crippen MR) is 76.9 cm³/mol. The lowest BCUT2D eigenvalue weighted by Gasteiger charge is -2.11. The van der Waals surface area contributed by atoms with Gasteiger partial charge in [0.15, 0.2) is 5.75 Å². The summed E-state index contributed by atoms with van der Waals surface area (Å²) in [5.41, 5.74) is 0.466. The number of aromatic hydroxyl groups is 1. The number of para-hydroxylation sites is 1. The van der Waals surface area contributed by atoms with E-state index in [1.165, 1.54) is 6.07 Å². The van der Waals surface area contributed by atoms with E-state index in [4.69, 9.17) is 4.74 Å². The van der Waals surface area contributed by atoms with Crippen LogP contribution in [0.2, 0.25) is 0 Å². The molecule has 2 N–H and O–H groups in total. The Kier molecular flexibility index (Phi) is 3.38. The first-order valence-corrected chi connectivity index (χ1v) is 6.56. The Morgan fingerprint density at radius 2 is 2.09 bits per heavy atom. The van der Waals surface area contributed by atoms with Gasteiger partial charge in [0.25, 0.3) is 5.91 Å². The molecule has 1 aliphatic rings. The normalized spacial score (nSPS) is 15.7. The summed E-state index contributed by atoms with van der Waals surface area (Å²) in [6.45, 7) is 0.311. The van der Waals surface area contributed by atoms with Gasteiger partial charge in [0.1, 0.15) is 12.4 Å². The molecule has 0 bridgehead atoms. The molecule has 0 saturated heterocycles. The number of nitrogens with one attached hydrogen (secondary N) is 1. The molecule has 1 heterocycles. The molecule has 0 saturated carbocycles. The summed E-state index contributed by atoms with van der Waals surface area (Å²) in [5.74, 6) is -0.228. The molecule has 2 aromatic rings. The van der Waals surface area contributed by atoms with Crippen LogP contribution >= 0.6 is 0 Å². The van der Waals surface area contributed by atoms with Crippen LogP contribution in [0.1, 0.15) is 22.0 Å². The molecule has 0 aliphatic carbocycles. The molecule has 3 rings (SSSR count). The fourth-order valence-corrected chi connectivity index (χ4v) is 2.33. The number of carbonyl (C=O) groups is 1. The number of ether oxygens (including phenoxy) is 1. The van der Waals surface area contributed by atoms with Gasteiger partial charge >= 0.3 is 5.69 Å². The predicted octanol–water partition coefficient (Wildman–Crippen LogP) is 2.16. The zero-order valence-corrected chi connectivity index (χ0v) is 11.4. The highest BCUT2D eigenvalue weighted by atomic mass is 16.6. The molecule has 0 aromatic heterocycles. The number of fused-ring (bicyclic) bond motifs is 1. The van der Waals surface area contributed by atoms with Crippen molar-refractivity contribution in [1.82, 2.24) is 5.32 Å². The van der Waals surface area contributed by atoms with E-state index in [0.717, 1.165) is 17.7 Å². The molecule has 112 valence electrons. The minimum absolute atomic E-state index is 0.105. The van der Waals surface area contributed by atoms with Gasteiger partial charge in [-0.3, -0.25) is 14.9 Å². The van der Waals surface area contributed by atoms with Gasteiger partial charge in [-0.2, -0.15) is 0 Å². The van der Waals surface area contributed by atoms with Crippen LogP contribution in [0.4, 0.5) is 5.69 Å². The minimum Gasteiger partial charge on any atom is -0.502 e. The van der Waals surface area contributed by atoms with Crippen LogP contribution in [-0.4, -0.2) is 22.5 Å². The molecular formula is C15H12N2O5. The van der Waals surface area contributed by atoms with Crippen LogP contribution in [0.25, 0.3) is 0 Å². The summed E-state index contributed by atoms with van der Waals surface area (Å²) in [5, 5.41) is 23.0. The summed E-state index contributed by atoms with van der Waals surface area (Å²) in [6.07, 6.45) is 0. The molecule has 22 heavy (non-hydrogen) atoms. The number of phenolic OH excluding ortho intramolecular Hbond substituents is 1. The zero-order valence-electron chi connectivity index (χ0n) is 11.4. The first kappa shape index (κ1) is 13.9. The highest BCUT2D eigenvalue weighted by molar-refractivity contribution is 5.95. The number of phenols is 1. The quantitative estimate of drug-likeness (QED) is 0.668. The van der Waals surface area contributed by atoms with Crippen molar-refractivity contribution >= 4 is 11.6 Å². The number of nitrogens with zero attached hydrogens (tertiary/aromatic N) is 1. The maximum atomic E-state index is 12.2. The van der Waals surface area contributed by atoms with Crippen molar-refractivity contribution in [3.63, 3.8) is 0 Å². The average Bonchev–Trinajstić information content (AvgIpc) is 2.90. The van der Waals surface area contributed by atoms with E-state index in [0.29, 0.717) is 12.4 Å². The lowest BCUT2D eigenvalue weighted by atomic mass is 10.1. The lowest BCUT2D eigenvalue weighted by Crippen LogP contribution is -2.29. The summed E-state index contributed by atoms with van der Waals surface area (Å²) < 4.78 is 5.47. The fourth-order valence-electron chi connectivity index (χ4n) is 2.33. The third-order valence-corrected chi connectivity index (χ3v) is 3.44. The molecule has 1 aliphatic heterocycles. The second-order valence-corrected chi connectivity index (χ2v) is 4.84. The van der Waals surface area contributed by atoms with Gasteiger partial charge in [-0.05, 0) is 18.2 Å². The summed E-state index contributed by atoms with van der Waals surface area (Å²) in [6, 6.07) is 10.6. The van der Waals surface area contributed by atoms with Gasteiger partial charge in [0.2, 0.25) is 0 Å². The number of benzene rings is 2. The van der Waals surface area contributed by atoms with E-state index < -0.39 is 22.3 Å². The van der Waals surface area contributed by atoms with E-state index >= 15 is 0 Å². The molecule has 0 fully saturated rings. The number of hydrogen-bond donors (Lipinski definition) is 2. The Morgan fingerprint density at radius 3 is 2.86 bits per heavy atom. The van der Waals surface area contributed by atoms with Crippen LogP contribution in [0.3, 0.4) is 0 Å². The van der Waals surface area contributed by atoms with Gasteiger partial charge in [0, 0.05) is 17.2 Å². The van der Waals surface area contributed by atoms with Gasteiger partial charge < -0.3 is 15.2 Å². The number of amides is 1. The van der Waals surface area contributed by atoms with E-state index in [2.05, 4.69) is 5.32 Å². The monoisotopic (exact) mass is 300 g/mol. The number of hydrogen-bond acceptors (Lipinski definition) is 5. The Hall–Kier alpha value is -3.09. The molecule has 1 atom stereocenters. The van der Waals surface area contributed by atoms with Crippen molar-refractivity contribution < 1.29 is 19.6 Å². The minimum atomic E-state index is -0.736. The SMILES string of the molecule is O=C(N[C@H]1COc2ccccc21)c1ccc(O)c([N+](=O)[O-])c1. The molecular weight excluding hydrogens is 288 g/mol. The second kappa shape index (κ2) is 5.36. The number of rotatable bonds is 3. The largest absolute Gasteiger partial charge is 0.502 e. The standard InChI is InChI=1S/C15H12N2O5/c18-13-6-5-9(7-12(13)17(20)21)15(19)16-11-8-22-14-4-2-1-3-10(11)14/h1-7,11,18H,8H2,(H,16,19)/t11-/m0/s1. The maximum Gasteiger partial charge on any atom is 0.311 e. The van der Waals surface area contributed by atoms with Crippen molar-refractivity contribution in [1.29, 1.82) is 0 Å². The van der Waals surface area contributed by atoms with Gasteiger partial charge in [0.05, 0.1) is 11.0 Å². The number of carbonyl (C=O) groups excluding carboxylic acids is 1. The number of nitro benzene ring substituents is 1. The van der Waals surface area contributed by atoms with Crippen molar-refractivity contribution in [3.05, 3.63) is 63.7 Å². The molecule has 0 unspecified atom stereocenters.